The normalized spacial score (nSPS) is 35.1. The largest absolute Gasteiger partial charge is 0.491 e. The lowest BCUT2D eigenvalue weighted by atomic mass is 9.50. The standard InChI is InChI=1S/C23H28ClNO4/c24-18-9-17(21(26)25-5-1-2-19(25)22(27)28)3-4-20(18)29-13-23-10-14-6-15(11-23)8-16(7-14)12-23/h3-4,9,14-16,19H,1-2,5-8,10-13H2,(H,27,28)/t14?,15?,16?,19-,23?/m0/s1. The lowest BCUT2D eigenvalue weighted by Crippen LogP contribution is -2.48. The molecular weight excluding hydrogens is 390 g/mol. The second-order valence-corrected chi connectivity index (χ2v) is 10.3. The van der Waals surface area contributed by atoms with Gasteiger partial charge in [-0.2, -0.15) is 0 Å². The predicted molar refractivity (Wildman–Crippen MR) is 109 cm³/mol. The van der Waals surface area contributed by atoms with E-state index < -0.39 is 12.0 Å². The summed E-state index contributed by atoms with van der Waals surface area (Å²) < 4.78 is 6.19. The number of halogens is 1. The number of hydrogen-bond acceptors (Lipinski definition) is 3. The van der Waals surface area contributed by atoms with Crippen molar-refractivity contribution in [3.63, 3.8) is 0 Å². The molecule has 6 rings (SSSR count). The maximum Gasteiger partial charge on any atom is 0.326 e. The Hall–Kier alpha value is -1.75. The average Bonchev–Trinajstić information content (AvgIpc) is 3.15. The molecule has 156 valence electrons. The first kappa shape index (κ1) is 19.2. The Kier molecular flexibility index (Phi) is 4.77. The van der Waals surface area contributed by atoms with Gasteiger partial charge in [-0.3, -0.25) is 4.79 Å². The van der Waals surface area contributed by atoms with Gasteiger partial charge in [-0.1, -0.05) is 11.6 Å². The lowest BCUT2D eigenvalue weighted by Gasteiger charge is -2.56. The molecular formula is C23H28ClNO4. The van der Waals surface area contributed by atoms with Gasteiger partial charge >= 0.3 is 5.97 Å². The summed E-state index contributed by atoms with van der Waals surface area (Å²) >= 11 is 6.45. The highest BCUT2D eigenvalue weighted by molar-refractivity contribution is 6.32. The van der Waals surface area contributed by atoms with Gasteiger partial charge in [0.15, 0.2) is 0 Å². The molecule has 1 heterocycles. The number of ether oxygens (including phenoxy) is 1. The summed E-state index contributed by atoms with van der Waals surface area (Å²) in [5.41, 5.74) is 0.724. The number of carboxylic acids is 1. The predicted octanol–water partition coefficient (Wildman–Crippen LogP) is 4.62. The number of nitrogens with zero attached hydrogens (tertiary/aromatic N) is 1. The minimum absolute atomic E-state index is 0.274. The molecule has 0 spiro atoms. The van der Waals surface area contributed by atoms with Crippen molar-refractivity contribution in [3.8, 4) is 5.75 Å². The van der Waals surface area contributed by atoms with Gasteiger partial charge in [0.05, 0.1) is 11.6 Å². The van der Waals surface area contributed by atoms with Crippen LogP contribution in [-0.2, 0) is 4.79 Å². The van der Waals surface area contributed by atoms with Crippen molar-refractivity contribution in [3.05, 3.63) is 28.8 Å². The SMILES string of the molecule is O=C(O)[C@@H]1CCCN1C(=O)c1ccc(OCC23CC4CC(CC(C4)C2)C3)c(Cl)c1. The summed E-state index contributed by atoms with van der Waals surface area (Å²) in [7, 11) is 0. The molecule has 5 nitrogen and oxygen atoms in total. The lowest BCUT2D eigenvalue weighted by molar-refractivity contribution is -0.141. The first-order valence-corrected chi connectivity index (χ1v) is 11.3. The molecule has 1 aromatic rings. The summed E-state index contributed by atoms with van der Waals surface area (Å²) in [5, 5.41) is 9.75. The van der Waals surface area contributed by atoms with Crippen molar-refractivity contribution in [2.45, 2.75) is 57.4 Å². The van der Waals surface area contributed by atoms with Gasteiger partial charge in [0, 0.05) is 17.5 Å². The van der Waals surface area contributed by atoms with Crippen LogP contribution in [0.2, 0.25) is 5.02 Å². The Morgan fingerprint density at radius 2 is 1.79 bits per heavy atom. The van der Waals surface area contributed by atoms with E-state index in [0.717, 1.165) is 17.8 Å². The Bertz CT molecular complexity index is 803. The smallest absolute Gasteiger partial charge is 0.326 e. The van der Waals surface area contributed by atoms with Crippen LogP contribution in [-0.4, -0.2) is 41.1 Å². The summed E-state index contributed by atoms with van der Waals surface area (Å²) in [6, 6.07) is 4.35. The van der Waals surface area contributed by atoms with Crippen molar-refractivity contribution in [2.24, 2.45) is 23.2 Å². The van der Waals surface area contributed by atoms with Crippen LogP contribution in [0.25, 0.3) is 0 Å². The third kappa shape index (κ3) is 3.52. The van der Waals surface area contributed by atoms with Crippen molar-refractivity contribution in [1.82, 2.24) is 4.90 Å². The van der Waals surface area contributed by atoms with E-state index >= 15 is 0 Å². The highest BCUT2D eigenvalue weighted by atomic mass is 35.5. The average molecular weight is 418 g/mol. The zero-order valence-corrected chi connectivity index (χ0v) is 17.4. The zero-order chi connectivity index (χ0) is 20.2. The number of carbonyl (C=O) groups excluding carboxylic acids is 1. The monoisotopic (exact) mass is 417 g/mol. The molecule has 1 aromatic carbocycles. The molecule has 1 atom stereocenters. The number of rotatable bonds is 5. The van der Waals surface area contributed by atoms with Crippen LogP contribution < -0.4 is 4.74 Å². The third-order valence-corrected chi connectivity index (χ3v) is 7.97. The van der Waals surface area contributed by atoms with E-state index in [9.17, 15) is 14.7 Å². The van der Waals surface area contributed by atoms with Gasteiger partial charge in [-0.15, -0.1) is 0 Å². The molecule has 1 amide bonds. The van der Waals surface area contributed by atoms with Gasteiger partial charge in [-0.05, 0) is 87.3 Å². The molecule has 0 unspecified atom stereocenters. The van der Waals surface area contributed by atoms with Crippen molar-refractivity contribution in [1.29, 1.82) is 0 Å². The molecule has 0 radical (unpaired) electrons. The topological polar surface area (TPSA) is 66.8 Å². The number of amides is 1. The molecule has 0 aromatic heterocycles. The highest BCUT2D eigenvalue weighted by Gasteiger charge is 2.51. The maximum absolute atomic E-state index is 12.8. The van der Waals surface area contributed by atoms with E-state index in [4.69, 9.17) is 16.3 Å². The van der Waals surface area contributed by atoms with Crippen LogP contribution in [0.5, 0.6) is 5.75 Å². The van der Waals surface area contributed by atoms with Crippen LogP contribution in [0.15, 0.2) is 18.2 Å². The summed E-state index contributed by atoms with van der Waals surface area (Å²) in [5.74, 6) is 2.03. The maximum atomic E-state index is 12.8. The Balaban J connectivity index is 1.27. The number of benzene rings is 1. The zero-order valence-electron chi connectivity index (χ0n) is 16.6. The van der Waals surface area contributed by atoms with E-state index in [1.54, 1.807) is 18.2 Å². The fourth-order valence-electron chi connectivity index (χ4n) is 6.88. The molecule has 4 bridgehead atoms. The van der Waals surface area contributed by atoms with Crippen molar-refractivity contribution in [2.75, 3.05) is 13.2 Å². The number of aliphatic carboxylic acids is 1. The quantitative estimate of drug-likeness (QED) is 0.758. The van der Waals surface area contributed by atoms with Crippen molar-refractivity contribution < 1.29 is 19.4 Å². The molecule has 29 heavy (non-hydrogen) atoms. The molecule has 4 saturated carbocycles. The number of likely N-dealkylation sites (tertiary alicyclic amines) is 1. The van der Waals surface area contributed by atoms with Crippen LogP contribution in [0.3, 0.4) is 0 Å². The van der Waals surface area contributed by atoms with Gasteiger partial charge in [0.25, 0.3) is 5.91 Å². The Labute approximate surface area is 176 Å². The Morgan fingerprint density at radius 1 is 1.14 bits per heavy atom. The minimum atomic E-state index is -0.947. The van der Waals surface area contributed by atoms with E-state index in [1.165, 1.54) is 43.4 Å². The summed E-state index contributed by atoms with van der Waals surface area (Å²) in [4.78, 5) is 25.6. The van der Waals surface area contributed by atoms with Gasteiger partial charge in [0.2, 0.25) is 0 Å². The fraction of sp³-hybridized carbons (Fsp3) is 0.652. The van der Waals surface area contributed by atoms with Gasteiger partial charge < -0.3 is 14.7 Å². The van der Waals surface area contributed by atoms with Crippen molar-refractivity contribution >= 4 is 23.5 Å². The van der Waals surface area contributed by atoms with Gasteiger partial charge in [-0.25, -0.2) is 4.79 Å². The number of hydrogen-bond donors (Lipinski definition) is 1. The molecule has 5 fully saturated rings. The van der Waals surface area contributed by atoms with E-state index in [0.29, 0.717) is 47.7 Å². The van der Waals surface area contributed by atoms with Crippen LogP contribution in [0.4, 0.5) is 0 Å². The van der Waals surface area contributed by atoms with E-state index in [1.807, 2.05) is 0 Å². The highest BCUT2D eigenvalue weighted by Crippen LogP contribution is 2.60. The minimum Gasteiger partial charge on any atom is -0.491 e. The fourth-order valence-corrected chi connectivity index (χ4v) is 7.12. The number of carbonyl (C=O) groups is 2. The number of carboxylic acid groups (broad SMARTS) is 1. The third-order valence-electron chi connectivity index (χ3n) is 7.68. The van der Waals surface area contributed by atoms with Crippen LogP contribution in [0.1, 0.15) is 61.7 Å². The molecule has 1 N–H and O–H groups in total. The summed E-state index contributed by atoms with van der Waals surface area (Å²) in [6.45, 7) is 1.18. The van der Waals surface area contributed by atoms with Crippen LogP contribution in [0, 0.1) is 23.2 Å². The molecule has 6 heteroatoms. The van der Waals surface area contributed by atoms with E-state index in [-0.39, 0.29) is 5.91 Å². The molecule has 1 saturated heterocycles. The molecule has 5 aliphatic rings. The Morgan fingerprint density at radius 3 is 2.38 bits per heavy atom. The first-order valence-electron chi connectivity index (χ1n) is 10.9. The second kappa shape index (κ2) is 7.19. The molecule has 1 aliphatic heterocycles. The first-order chi connectivity index (χ1) is 13.9. The van der Waals surface area contributed by atoms with E-state index in [2.05, 4.69) is 0 Å². The second-order valence-electron chi connectivity index (χ2n) is 9.85. The summed E-state index contributed by atoms with van der Waals surface area (Å²) in [6.07, 6.45) is 9.26. The van der Waals surface area contributed by atoms with Gasteiger partial charge in [0.1, 0.15) is 11.8 Å². The van der Waals surface area contributed by atoms with Crippen LogP contribution >= 0.6 is 11.6 Å². The molecule has 4 aliphatic carbocycles.